The predicted octanol–water partition coefficient (Wildman–Crippen LogP) is 4.41. The fourth-order valence-corrected chi connectivity index (χ4v) is 5.06. The molecule has 0 bridgehead atoms. The number of anilines is 1. The number of para-hydroxylation sites is 1. The van der Waals surface area contributed by atoms with Crippen LogP contribution in [0.5, 0.6) is 0 Å². The van der Waals surface area contributed by atoms with Gasteiger partial charge in [0, 0.05) is 24.5 Å². The maximum absolute atomic E-state index is 14.6. The highest BCUT2D eigenvalue weighted by Crippen LogP contribution is 2.23. The Morgan fingerprint density at radius 3 is 2.26 bits per heavy atom. The molecule has 0 aromatic heterocycles. The molecule has 38 heavy (non-hydrogen) atoms. The number of carbonyl (C=O) groups is 2. The monoisotopic (exact) mass is 559 g/mol. The van der Waals surface area contributed by atoms with E-state index in [-0.39, 0.29) is 24.6 Å². The first kappa shape index (κ1) is 29.1. The second-order valence-electron chi connectivity index (χ2n) is 8.87. The van der Waals surface area contributed by atoms with E-state index in [2.05, 4.69) is 5.32 Å². The van der Waals surface area contributed by atoms with Crippen LogP contribution in [0.4, 0.5) is 10.1 Å². The van der Waals surface area contributed by atoms with E-state index in [4.69, 9.17) is 11.6 Å². The summed E-state index contributed by atoms with van der Waals surface area (Å²) in [7, 11) is -4.04. The average Bonchev–Trinajstić information content (AvgIpc) is 2.88. The second kappa shape index (κ2) is 13.4. The second-order valence-corrected chi connectivity index (χ2v) is 11.2. The average molecular weight is 560 g/mol. The molecule has 10 heteroatoms. The van der Waals surface area contributed by atoms with Crippen molar-refractivity contribution in [2.75, 3.05) is 23.7 Å². The number of rotatable bonds is 12. The molecule has 3 aromatic rings. The highest BCUT2D eigenvalue weighted by Gasteiger charge is 2.33. The molecular formula is C28H31ClFN3O4S. The Labute approximate surface area is 228 Å². The summed E-state index contributed by atoms with van der Waals surface area (Å²) in [6.07, 6.45) is 1.80. The smallest absolute Gasteiger partial charge is 0.244 e. The number of benzene rings is 3. The topological polar surface area (TPSA) is 86.8 Å². The molecule has 0 aliphatic carbocycles. The number of nitrogens with one attached hydrogen (secondary N) is 1. The summed E-state index contributed by atoms with van der Waals surface area (Å²) in [5.41, 5.74) is 1.23. The Bertz CT molecular complexity index is 1350. The van der Waals surface area contributed by atoms with E-state index in [1.54, 1.807) is 24.3 Å². The summed E-state index contributed by atoms with van der Waals surface area (Å²) in [6, 6.07) is 20.5. The van der Waals surface area contributed by atoms with Crippen LogP contribution >= 0.6 is 11.6 Å². The molecular weight excluding hydrogens is 529 g/mol. The molecule has 0 spiro atoms. The molecule has 3 rings (SSSR count). The van der Waals surface area contributed by atoms with Crippen LogP contribution in [-0.2, 0) is 32.6 Å². The lowest BCUT2D eigenvalue weighted by Gasteiger charge is -2.33. The van der Waals surface area contributed by atoms with Crippen LogP contribution in [0.3, 0.4) is 0 Å². The van der Waals surface area contributed by atoms with E-state index in [1.807, 2.05) is 37.3 Å². The fraction of sp³-hybridized carbons (Fsp3) is 0.286. The highest BCUT2D eigenvalue weighted by molar-refractivity contribution is 7.92. The van der Waals surface area contributed by atoms with E-state index in [0.29, 0.717) is 23.6 Å². The van der Waals surface area contributed by atoms with Crippen molar-refractivity contribution in [1.29, 1.82) is 0 Å². The van der Waals surface area contributed by atoms with Crippen molar-refractivity contribution in [3.8, 4) is 0 Å². The molecule has 3 aromatic carbocycles. The quantitative estimate of drug-likeness (QED) is 0.356. The molecule has 0 saturated carbocycles. The van der Waals surface area contributed by atoms with Crippen molar-refractivity contribution >= 4 is 39.1 Å². The highest BCUT2D eigenvalue weighted by atomic mass is 35.5. The minimum atomic E-state index is -4.04. The number of halogens is 2. The largest absolute Gasteiger partial charge is 0.354 e. The van der Waals surface area contributed by atoms with Gasteiger partial charge in [-0.25, -0.2) is 12.8 Å². The number of hydrogen-bond acceptors (Lipinski definition) is 4. The third kappa shape index (κ3) is 8.03. The first-order valence-corrected chi connectivity index (χ1v) is 14.4. The van der Waals surface area contributed by atoms with E-state index in [9.17, 15) is 22.4 Å². The van der Waals surface area contributed by atoms with Gasteiger partial charge in [-0.2, -0.15) is 0 Å². The van der Waals surface area contributed by atoms with E-state index >= 15 is 0 Å². The molecule has 0 fully saturated rings. The summed E-state index contributed by atoms with van der Waals surface area (Å²) in [5, 5.41) is 3.31. The third-order valence-electron chi connectivity index (χ3n) is 5.86. The molecule has 2 amide bonds. The van der Waals surface area contributed by atoms with Gasteiger partial charge in [-0.05, 0) is 41.8 Å². The normalized spacial score (nSPS) is 12.0. The lowest BCUT2D eigenvalue weighted by molar-refractivity contribution is -0.140. The van der Waals surface area contributed by atoms with Gasteiger partial charge in [0.15, 0.2) is 0 Å². The van der Waals surface area contributed by atoms with Gasteiger partial charge in [-0.1, -0.05) is 73.1 Å². The van der Waals surface area contributed by atoms with Crippen LogP contribution in [0.1, 0.15) is 24.5 Å². The molecule has 0 heterocycles. The lowest BCUT2D eigenvalue weighted by atomic mass is 10.0. The zero-order chi connectivity index (χ0) is 27.7. The summed E-state index contributed by atoms with van der Waals surface area (Å²) in [5.74, 6) is -1.82. The molecule has 0 aliphatic heterocycles. The predicted molar refractivity (Wildman–Crippen MR) is 148 cm³/mol. The zero-order valence-corrected chi connectivity index (χ0v) is 22.9. The minimum Gasteiger partial charge on any atom is -0.354 e. The van der Waals surface area contributed by atoms with Gasteiger partial charge in [0.2, 0.25) is 21.8 Å². The zero-order valence-electron chi connectivity index (χ0n) is 21.3. The summed E-state index contributed by atoms with van der Waals surface area (Å²) in [4.78, 5) is 28.6. The van der Waals surface area contributed by atoms with Crippen molar-refractivity contribution in [3.05, 3.63) is 101 Å². The molecule has 7 nitrogen and oxygen atoms in total. The van der Waals surface area contributed by atoms with Crippen molar-refractivity contribution in [2.24, 2.45) is 0 Å². The molecule has 1 N–H and O–H groups in total. The van der Waals surface area contributed by atoms with E-state index in [1.165, 1.54) is 23.1 Å². The fourth-order valence-electron chi connectivity index (χ4n) is 4.00. The Balaban J connectivity index is 2.05. The summed E-state index contributed by atoms with van der Waals surface area (Å²) in [6.45, 7) is 1.63. The van der Waals surface area contributed by atoms with Crippen molar-refractivity contribution in [2.45, 2.75) is 32.4 Å². The first-order valence-electron chi connectivity index (χ1n) is 12.2. The molecule has 0 radical (unpaired) electrons. The van der Waals surface area contributed by atoms with Gasteiger partial charge in [-0.15, -0.1) is 0 Å². The maximum Gasteiger partial charge on any atom is 0.244 e. The number of nitrogens with zero attached hydrogens (tertiary/aromatic N) is 2. The van der Waals surface area contributed by atoms with E-state index in [0.717, 1.165) is 22.2 Å². The minimum absolute atomic E-state index is 0.00862. The Morgan fingerprint density at radius 2 is 1.63 bits per heavy atom. The van der Waals surface area contributed by atoms with Crippen molar-refractivity contribution in [3.63, 3.8) is 0 Å². The van der Waals surface area contributed by atoms with Gasteiger partial charge in [0.1, 0.15) is 18.4 Å². The van der Waals surface area contributed by atoms with Crippen LogP contribution in [0.15, 0.2) is 78.9 Å². The van der Waals surface area contributed by atoms with Crippen LogP contribution in [0.25, 0.3) is 0 Å². The summed E-state index contributed by atoms with van der Waals surface area (Å²) < 4.78 is 40.7. The van der Waals surface area contributed by atoms with Crippen molar-refractivity contribution < 1.29 is 22.4 Å². The molecule has 1 atom stereocenters. The molecule has 0 saturated heterocycles. The van der Waals surface area contributed by atoms with Crippen molar-refractivity contribution in [1.82, 2.24) is 10.2 Å². The van der Waals surface area contributed by atoms with Gasteiger partial charge in [0.05, 0.1) is 11.9 Å². The summed E-state index contributed by atoms with van der Waals surface area (Å²) >= 11 is 6.18. The molecule has 202 valence electrons. The SMILES string of the molecule is CCCNC(=O)[C@H](Cc1ccccc1)N(Cc1cccc(Cl)c1)C(=O)CN(c1ccccc1F)S(C)(=O)=O. The Morgan fingerprint density at radius 1 is 0.974 bits per heavy atom. The van der Waals surface area contributed by atoms with E-state index < -0.39 is 34.3 Å². The molecule has 0 aliphatic rings. The number of sulfonamides is 1. The lowest BCUT2D eigenvalue weighted by Crippen LogP contribution is -2.53. The maximum atomic E-state index is 14.6. The Kier molecular flexibility index (Phi) is 10.3. The first-order chi connectivity index (χ1) is 18.1. The van der Waals surface area contributed by atoms with Gasteiger partial charge >= 0.3 is 0 Å². The van der Waals surface area contributed by atoms with Gasteiger partial charge in [-0.3, -0.25) is 13.9 Å². The number of hydrogen-bond donors (Lipinski definition) is 1. The van der Waals surface area contributed by atoms with Crippen LogP contribution in [0, 0.1) is 5.82 Å². The Hall–Kier alpha value is -3.43. The van der Waals surface area contributed by atoms with Gasteiger partial charge in [0.25, 0.3) is 0 Å². The van der Waals surface area contributed by atoms with Crippen LogP contribution in [-0.4, -0.2) is 50.5 Å². The number of amides is 2. The standard InChI is InChI=1S/C28H31ClFN3O4S/c1-3-16-31-28(35)26(18-21-10-5-4-6-11-21)32(19-22-12-9-13-23(29)17-22)27(34)20-33(38(2,36)37)25-15-8-7-14-24(25)30/h4-15,17,26H,3,16,18-20H2,1-2H3,(H,31,35)/t26-/m0/s1. The number of carbonyl (C=O) groups excluding carboxylic acids is 2. The molecule has 0 unspecified atom stereocenters. The third-order valence-corrected chi connectivity index (χ3v) is 7.22. The van der Waals surface area contributed by atoms with Crippen LogP contribution in [0.2, 0.25) is 5.02 Å². The van der Waals surface area contributed by atoms with Crippen LogP contribution < -0.4 is 9.62 Å². The van der Waals surface area contributed by atoms with Gasteiger partial charge < -0.3 is 10.2 Å².